The Balaban J connectivity index is 2.38. The van der Waals surface area contributed by atoms with Crippen molar-refractivity contribution in [3.63, 3.8) is 0 Å². The van der Waals surface area contributed by atoms with Crippen LogP contribution in [-0.2, 0) is 0 Å². The smallest absolute Gasteiger partial charge is 0.0156 e. The topological polar surface area (TPSA) is 26.0 Å². The van der Waals surface area contributed by atoms with Crippen LogP contribution in [0.15, 0.2) is 0 Å². The first-order valence-corrected chi connectivity index (χ1v) is 4.45. The lowest BCUT2D eigenvalue weighted by atomic mass is 9.92. The van der Waals surface area contributed by atoms with Crippen LogP contribution in [0.3, 0.4) is 0 Å². The van der Waals surface area contributed by atoms with Crippen molar-refractivity contribution in [1.82, 2.24) is 0 Å². The van der Waals surface area contributed by atoms with E-state index in [0.717, 1.165) is 5.92 Å². The molecular weight excluding hydrogens is 122 g/mol. The second-order valence-electron chi connectivity index (χ2n) is 3.96. The van der Waals surface area contributed by atoms with Gasteiger partial charge in [-0.2, -0.15) is 0 Å². The lowest BCUT2D eigenvalue weighted by Crippen LogP contribution is -2.36. The Morgan fingerprint density at radius 2 is 2.30 bits per heavy atom. The van der Waals surface area contributed by atoms with E-state index in [1.54, 1.807) is 0 Å². The highest BCUT2D eigenvalue weighted by Crippen LogP contribution is 2.35. The average molecular weight is 141 g/mol. The third-order valence-electron chi connectivity index (χ3n) is 2.64. The molecule has 0 aromatic carbocycles. The fourth-order valence-corrected chi connectivity index (χ4v) is 2.16. The maximum atomic E-state index is 6.16. The molecule has 1 aliphatic rings. The molecule has 10 heavy (non-hydrogen) atoms. The molecule has 0 aromatic rings. The minimum absolute atomic E-state index is 0.216. The van der Waals surface area contributed by atoms with E-state index in [1.165, 1.54) is 32.1 Å². The molecule has 0 spiro atoms. The molecule has 1 heteroatoms. The Morgan fingerprint density at radius 3 is 2.70 bits per heavy atom. The first-order valence-electron chi connectivity index (χ1n) is 4.45. The molecule has 0 radical (unpaired) electrons. The van der Waals surface area contributed by atoms with Gasteiger partial charge in [-0.05, 0) is 31.6 Å². The molecule has 0 heterocycles. The van der Waals surface area contributed by atoms with E-state index in [1.807, 2.05) is 0 Å². The van der Waals surface area contributed by atoms with Crippen molar-refractivity contribution in [3.05, 3.63) is 0 Å². The molecule has 0 aromatic heterocycles. The van der Waals surface area contributed by atoms with Crippen molar-refractivity contribution in [2.45, 2.75) is 51.5 Å². The van der Waals surface area contributed by atoms with Gasteiger partial charge >= 0.3 is 0 Å². The van der Waals surface area contributed by atoms with Crippen molar-refractivity contribution in [2.24, 2.45) is 11.7 Å². The van der Waals surface area contributed by atoms with Crippen LogP contribution in [0.1, 0.15) is 46.0 Å². The van der Waals surface area contributed by atoms with Crippen molar-refractivity contribution in [2.75, 3.05) is 0 Å². The Hall–Kier alpha value is -0.0400. The third-order valence-corrected chi connectivity index (χ3v) is 2.64. The second-order valence-corrected chi connectivity index (χ2v) is 3.96. The lowest BCUT2D eigenvalue weighted by molar-refractivity contribution is 0.387. The maximum absolute atomic E-state index is 6.16. The summed E-state index contributed by atoms with van der Waals surface area (Å²) < 4.78 is 0. The minimum atomic E-state index is 0.216. The zero-order valence-electron chi connectivity index (χ0n) is 7.19. The lowest BCUT2D eigenvalue weighted by Gasteiger charge is -2.22. The summed E-state index contributed by atoms with van der Waals surface area (Å²) in [5.41, 5.74) is 6.38. The van der Waals surface area contributed by atoms with Crippen molar-refractivity contribution in [1.29, 1.82) is 0 Å². The summed E-state index contributed by atoms with van der Waals surface area (Å²) in [4.78, 5) is 0. The number of hydrogen-bond donors (Lipinski definition) is 1. The van der Waals surface area contributed by atoms with Crippen LogP contribution in [0.4, 0.5) is 0 Å². The zero-order valence-corrected chi connectivity index (χ0v) is 7.19. The molecule has 0 bridgehead atoms. The van der Waals surface area contributed by atoms with Crippen molar-refractivity contribution in [3.8, 4) is 0 Å². The minimum Gasteiger partial charge on any atom is -0.325 e. The van der Waals surface area contributed by atoms with Gasteiger partial charge in [-0.3, -0.25) is 0 Å². The average Bonchev–Trinajstić information content (AvgIpc) is 2.12. The largest absolute Gasteiger partial charge is 0.325 e. The summed E-state index contributed by atoms with van der Waals surface area (Å²) in [7, 11) is 0. The highest BCUT2D eigenvalue weighted by molar-refractivity contribution is 4.91. The van der Waals surface area contributed by atoms with Gasteiger partial charge in [-0.15, -0.1) is 0 Å². The van der Waals surface area contributed by atoms with Crippen LogP contribution in [-0.4, -0.2) is 5.54 Å². The van der Waals surface area contributed by atoms with Crippen LogP contribution in [0.5, 0.6) is 0 Å². The monoisotopic (exact) mass is 141 g/mol. The summed E-state index contributed by atoms with van der Waals surface area (Å²) in [5, 5.41) is 0. The van der Waals surface area contributed by atoms with E-state index in [4.69, 9.17) is 5.73 Å². The second kappa shape index (κ2) is 2.91. The van der Waals surface area contributed by atoms with Crippen LogP contribution < -0.4 is 5.73 Å². The third kappa shape index (κ3) is 1.72. The molecule has 0 saturated heterocycles. The molecule has 1 rings (SSSR count). The van der Waals surface area contributed by atoms with Gasteiger partial charge in [-0.25, -0.2) is 0 Å². The number of hydrogen-bond acceptors (Lipinski definition) is 1. The summed E-state index contributed by atoms with van der Waals surface area (Å²) >= 11 is 0. The van der Waals surface area contributed by atoms with Gasteiger partial charge in [0.15, 0.2) is 0 Å². The van der Waals surface area contributed by atoms with E-state index in [-0.39, 0.29) is 5.54 Å². The Bertz CT molecular complexity index is 107. The van der Waals surface area contributed by atoms with Gasteiger partial charge in [0.2, 0.25) is 0 Å². The molecule has 60 valence electrons. The summed E-state index contributed by atoms with van der Waals surface area (Å²) in [5.74, 6) is 0.872. The Labute approximate surface area is 64.0 Å². The van der Waals surface area contributed by atoms with Crippen LogP contribution in [0.2, 0.25) is 0 Å². The Kier molecular flexibility index (Phi) is 2.35. The first kappa shape index (κ1) is 8.06. The summed E-state index contributed by atoms with van der Waals surface area (Å²) in [6, 6.07) is 0. The fourth-order valence-electron chi connectivity index (χ4n) is 2.16. The van der Waals surface area contributed by atoms with Crippen molar-refractivity contribution < 1.29 is 0 Å². The van der Waals surface area contributed by atoms with Crippen molar-refractivity contribution >= 4 is 0 Å². The molecular formula is C9H19N. The standard InChI is InChI=1S/C9H19N/c1-3-5-9(10)6-4-8(2)7-9/h8H,3-7,10H2,1-2H3. The molecule has 0 amide bonds. The molecule has 0 aliphatic heterocycles. The molecule has 2 N–H and O–H groups in total. The molecule has 1 saturated carbocycles. The highest BCUT2D eigenvalue weighted by atomic mass is 14.8. The quantitative estimate of drug-likeness (QED) is 0.627. The van der Waals surface area contributed by atoms with Crippen LogP contribution in [0, 0.1) is 5.92 Å². The highest BCUT2D eigenvalue weighted by Gasteiger charge is 2.32. The molecule has 2 unspecified atom stereocenters. The van der Waals surface area contributed by atoms with Gasteiger partial charge in [-0.1, -0.05) is 20.3 Å². The number of rotatable bonds is 2. The Morgan fingerprint density at radius 1 is 1.60 bits per heavy atom. The van der Waals surface area contributed by atoms with Gasteiger partial charge in [0.05, 0.1) is 0 Å². The summed E-state index contributed by atoms with van der Waals surface area (Å²) in [6.07, 6.45) is 6.31. The fraction of sp³-hybridized carbons (Fsp3) is 1.00. The van der Waals surface area contributed by atoms with Gasteiger partial charge < -0.3 is 5.73 Å². The first-order chi connectivity index (χ1) is 4.66. The predicted molar refractivity (Wildman–Crippen MR) is 44.8 cm³/mol. The number of nitrogens with two attached hydrogens (primary N) is 1. The van der Waals surface area contributed by atoms with E-state index < -0.39 is 0 Å². The van der Waals surface area contributed by atoms with Crippen LogP contribution in [0.25, 0.3) is 0 Å². The molecule has 1 aliphatic carbocycles. The van der Waals surface area contributed by atoms with Crippen LogP contribution >= 0.6 is 0 Å². The molecule has 1 fully saturated rings. The van der Waals surface area contributed by atoms with E-state index >= 15 is 0 Å². The van der Waals surface area contributed by atoms with E-state index in [2.05, 4.69) is 13.8 Å². The normalized spacial score (nSPS) is 40.5. The summed E-state index contributed by atoms with van der Waals surface area (Å²) in [6.45, 7) is 4.53. The molecule has 1 nitrogen and oxygen atoms in total. The van der Waals surface area contributed by atoms with Gasteiger partial charge in [0.25, 0.3) is 0 Å². The molecule has 2 atom stereocenters. The zero-order chi connectivity index (χ0) is 7.61. The SMILES string of the molecule is CCCC1(N)CCC(C)C1. The van der Waals surface area contributed by atoms with E-state index in [9.17, 15) is 0 Å². The van der Waals surface area contributed by atoms with E-state index in [0.29, 0.717) is 0 Å². The predicted octanol–water partition coefficient (Wildman–Crippen LogP) is 2.30. The maximum Gasteiger partial charge on any atom is 0.0156 e. The van der Waals surface area contributed by atoms with Gasteiger partial charge in [0, 0.05) is 5.54 Å². The van der Waals surface area contributed by atoms with Gasteiger partial charge in [0.1, 0.15) is 0 Å².